The van der Waals surface area contributed by atoms with E-state index in [4.69, 9.17) is 0 Å². The Balaban J connectivity index is 2.05. The summed E-state index contributed by atoms with van der Waals surface area (Å²) in [5, 5.41) is 7.62. The van der Waals surface area contributed by atoms with Gasteiger partial charge in [0.15, 0.2) is 0 Å². The van der Waals surface area contributed by atoms with Crippen LogP contribution in [0.3, 0.4) is 0 Å². The first-order valence-corrected chi connectivity index (χ1v) is 7.70. The normalized spacial score (nSPS) is 12.5. The highest BCUT2D eigenvalue weighted by Gasteiger charge is 2.10. The number of hydrogen-bond donors (Lipinski definition) is 3. The van der Waals surface area contributed by atoms with Crippen molar-refractivity contribution in [2.45, 2.75) is 19.4 Å². The predicted octanol–water partition coefficient (Wildman–Crippen LogP) is 3.94. The SMILES string of the molecule is CCC(NC)c1ccc(-c2cc(NC)nc3[nH]ccc23)cc1. The number of aromatic nitrogens is 2. The lowest BCUT2D eigenvalue weighted by Crippen LogP contribution is -2.14. The molecule has 0 aliphatic rings. The fourth-order valence-electron chi connectivity index (χ4n) is 2.91. The molecule has 1 unspecified atom stereocenters. The molecule has 0 fully saturated rings. The summed E-state index contributed by atoms with van der Waals surface area (Å²) < 4.78 is 0. The molecule has 0 amide bonds. The third-order valence-corrected chi connectivity index (χ3v) is 4.17. The Morgan fingerprint density at radius 3 is 2.55 bits per heavy atom. The van der Waals surface area contributed by atoms with E-state index in [0.29, 0.717) is 6.04 Å². The number of pyridine rings is 1. The van der Waals surface area contributed by atoms with Crippen molar-refractivity contribution in [3.05, 3.63) is 48.2 Å². The Morgan fingerprint density at radius 2 is 1.91 bits per heavy atom. The van der Waals surface area contributed by atoms with Gasteiger partial charge in [0, 0.05) is 24.7 Å². The third-order valence-electron chi connectivity index (χ3n) is 4.17. The predicted molar refractivity (Wildman–Crippen MR) is 93.2 cm³/mol. The fourth-order valence-corrected chi connectivity index (χ4v) is 2.91. The summed E-state index contributed by atoms with van der Waals surface area (Å²) in [4.78, 5) is 7.73. The van der Waals surface area contributed by atoms with Gasteiger partial charge in [-0.2, -0.15) is 0 Å². The van der Waals surface area contributed by atoms with E-state index in [1.54, 1.807) is 0 Å². The van der Waals surface area contributed by atoms with Crippen molar-refractivity contribution in [1.82, 2.24) is 15.3 Å². The monoisotopic (exact) mass is 294 g/mol. The average molecular weight is 294 g/mol. The van der Waals surface area contributed by atoms with Crippen LogP contribution in [0.5, 0.6) is 0 Å². The number of rotatable bonds is 5. The molecule has 22 heavy (non-hydrogen) atoms. The van der Waals surface area contributed by atoms with Gasteiger partial charge in [-0.3, -0.25) is 0 Å². The molecule has 0 aliphatic heterocycles. The summed E-state index contributed by atoms with van der Waals surface area (Å²) in [5.74, 6) is 0.871. The average Bonchev–Trinajstić information content (AvgIpc) is 3.04. The smallest absolute Gasteiger partial charge is 0.140 e. The highest BCUT2D eigenvalue weighted by atomic mass is 15.0. The molecule has 4 nitrogen and oxygen atoms in total. The number of aromatic amines is 1. The molecule has 0 bridgehead atoms. The van der Waals surface area contributed by atoms with Gasteiger partial charge in [0.2, 0.25) is 0 Å². The van der Waals surface area contributed by atoms with Crippen molar-refractivity contribution >= 4 is 16.9 Å². The molecule has 4 heteroatoms. The molecule has 1 aromatic carbocycles. The van der Waals surface area contributed by atoms with E-state index >= 15 is 0 Å². The summed E-state index contributed by atoms with van der Waals surface area (Å²) in [6.45, 7) is 2.19. The van der Waals surface area contributed by atoms with E-state index in [9.17, 15) is 0 Å². The Kier molecular flexibility index (Phi) is 4.11. The maximum Gasteiger partial charge on any atom is 0.140 e. The number of hydrogen-bond acceptors (Lipinski definition) is 3. The maximum absolute atomic E-state index is 4.54. The van der Waals surface area contributed by atoms with Crippen LogP contribution in [0.4, 0.5) is 5.82 Å². The van der Waals surface area contributed by atoms with Crippen LogP contribution >= 0.6 is 0 Å². The van der Waals surface area contributed by atoms with Gasteiger partial charge in [-0.05, 0) is 42.3 Å². The van der Waals surface area contributed by atoms with E-state index in [2.05, 4.69) is 63.9 Å². The Bertz CT molecular complexity index is 754. The van der Waals surface area contributed by atoms with Crippen LogP contribution in [0.2, 0.25) is 0 Å². The first kappa shape index (κ1) is 14.6. The van der Waals surface area contributed by atoms with Crippen molar-refractivity contribution in [3.8, 4) is 11.1 Å². The Hall–Kier alpha value is -2.33. The lowest BCUT2D eigenvalue weighted by atomic mass is 9.98. The molecule has 1 atom stereocenters. The molecular weight excluding hydrogens is 272 g/mol. The first-order chi connectivity index (χ1) is 10.8. The van der Waals surface area contributed by atoms with Crippen molar-refractivity contribution in [1.29, 1.82) is 0 Å². The molecule has 2 heterocycles. The van der Waals surface area contributed by atoms with Crippen LogP contribution in [0.25, 0.3) is 22.2 Å². The Morgan fingerprint density at radius 1 is 1.14 bits per heavy atom. The van der Waals surface area contributed by atoms with Crippen molar-refractivity contribution in [3.63, 3.8) is 0 Å². The van der Waals surface area contributed by atoms with Crippen LogP contribution in [-0.4, -0.2) is 24.1 Å². The topological polar surface area (TPSA) is 52.7 Å². The minimum atomic E-state index is 0.409. The highest BCUT2D eigenvalue weighted by molar-refractivity contribution is 5.94. The molecule has 0 aliphatic carbocycles. The number of H-pyrrole nitrogens is 1. The lowest BCUT2D eigenvalue weighted by molar-refractivity contribution is 0.577. The zero-order valence-corrected chi connectivity index (χ0v) is 13.3. The second-order valence-electron chi connectivity index (χ2n) is 5.42. The van der Waals surface area contributed by atoms with Crippen molar-refractivity contribution < 1.29 is 0 Å². The van der Waals surface area contributed by atoms with Crippen LogP contribution in [0.15, 0.2) is 42.6 Å². The summed E-state index contributed by atoms with van der Waals surface area (Å²) >= 11 is 0. The molecule has 0 radical (unpaired) electrons. The standard InChI is InChI=1S/C18H22N4/c1-4-16(19-2)13-7-5-12(6-8-13)15-11-17(20-3)22-18-14(15)9-10-21-18/h5-11,16,19H,4H2,1-3H3,(H2,20,21,22). The molecule has 0 saturated carbocycles. The summed E-state index contributed by atoms with van der Waals surface area (Å²) in [6.07, 6.45) is 3.01. The van der Waals surface area contributed by atoms with Crippen molar-refractivity contribution in [2.75, 3.05) is 19.4 Å². The summed E-state index contributed by atoms with van der Waals surface area (Å²) in [5.41, 5.74) is 4.63. The molecule has 114 valence electrons. The molecule has 3 aromatic rings. The number of nitrogens with zero attached hydrogens (tertiary/aromatic N) is 1. The van der Waals surface area contributed by atoms with Gasteiger partial charge in [0.1, 0.15) is 11.5 Å². The molecule has 2 aromatic heterocycles. The first-order valence-electron chi connectivity index (χ1n) is 7.70. The molecule has 3 rings (SSSR count). The van der Waals surface area contributed by atoms with Crippen LogP contribution in [0, 0.1) is 0 Å². The minimum Gasteiger partial charge on any atom is -0.373 e. The molecule has 3 N–H and O–H groups in total. The van der Waals surface area contributed by atoms with Gasteiger partial charge in [0.05, 0.1) is 0 Å². The van der Waals surface area contributed by atoms with Crippen LogP contribution < -0.4 is 10.6 Å². The van der Waals surface area contributed by atoms with Gasteiger partial charge >= 0.3 is 0 Å². The highest BCUT2D eigenvalue weighted by Crippen LogP contribution is 2.30. The lowest BCUT2D eigenvalue weighted by Gasteiger charge is -2.15. The third kappa shape index (κ3) is 2.57. The number of benzene rings is 1. The zero-order chi connectivity index (χ0) is 15.5. The van der Waals surface area contributed by atoms with Gasteiger partial charge in [-0.25, -0.2) is 4.98 Å². The van der Waals surface area contributed by atoms with E-state index in [1.165, 1.54) is 16.7 Å². The number of anilines is 1. The van der Waals surface area contributed by atoms with E-state index < -0.39 is 0 Å². The second kappa shape index (κ2) is 6.20. The number of fused-ring (bicyclic) bond motifs is 1. The van der Waals surface area contributed by atoms with E-state index in [0.717, 1.165) is 23.3 Å². The van der Waals surface area contributed by atoms with Gasteiger partial charge in [0.25, 0.3) is 0 Å². The second-order valence-corrected chi connectivity index (χ2v) is 5.42. The van der Waals surface area contributed by atoms with Gasteiger partial charge < -0.3 is 15.6 Å². The molecule has 0 spiro atoms. The Labute approximate surface area is 131 Å². The van der Waals surface area contributed by atoms with E-state index in [-0.39, 0.29) is 0 Å². The zero-order valence-electron chi connectivity index (χ0n) is 13.3. The van der Waals surface area contributed by atoms with E-state index in [1.807, 2.05) is 20.3 Å². The van der Waals surface area contributed by atoms with Gasteiger partial charge in [-0.1, -0.05) is 31.2 Å². The molecule has 0 saturated heterocycles. The maximum atomic E-state index is 4.54. The molecular formula is C18H22N4. The van der Waals surface area contributed by atoms with Crippen molar-refractivity contribution in [2.24, 2.45) is 0 Å². The largest absolute Gasteiger partial charge is 0.373 e. The number of nitrogens with one attached hydrogen (secondary N) is 3. The van der Waals surface area contributed by atoms with Crippen LogP contribution in [0.1, 0.15) is 24.9 Å². The van der Waals surface area contributed by atoms with Gasteiger partial charge in [-0.15, -0.1) is 0 Å². The summed E-state index contributed by atoms with van der Waals surface area (Å²) in [7, 11) is 3.90. The minimum absolute atomic E-state index is 0.409. The fraction of sp³-hybridized carbons (Fsp3) is 0.278. The quantitative estimate of drug-likeness (QED) is 0.668. The van der Waals surface area contributed by atoms with Crippen LogP contribution in [-0.2, 0) is 0 Å². The summed E-state index contributed by atoms with van der Waals surface area (Å²) in [6, 6.07) is 13.4.